The molecule has 1 aromatic heterocycles. The summed E-state index contributed by atoms with van der Waals surface area (Å²) in [6.45, 7) is 8.47. The van der Waals surface area contributed by atoms with E-state index < -0.39 is 0 Å². The third-order valence-corrected chi connectivity index (χ3v) is 4.30. The molecule has 0 aromatic carbocycles. The van der Waals surface area contributed by atoms with E-state index >= 15 is 0 Å². The van der Waals surface area contributed by atoms with E-state index in [9.17, 15) is 4.79 Å². The van der Waals surface area contributed by atoms with E-state index in [2.05, 4.69) is 22.1 Å². The number of amides is 1. The summed E-state index contributed by atoms with van der Waals surface area (Å²) in [5.41, 5.74) is 0.550. The summed E-state index contributed by atoms with van der Waals surface area (Å²) in [5.74, 6) is 0.776. The summed E-state index contributed by atoms with van der Waals surface area (Å²) in [7, 11) is 0. The van der Waals surface area contributed by atoms with Crippen molar-refractivity contribution in [3.8, 4) is 0 Å². The molecule has 1 fully saturated rings. The van der Waals surface area contributed by atoms with Gasteiger partial charge in [-0.15, -0.1) is 11.3 Å². The first kappa shape index (κ1) is 14.5. The summed E-state index contributed by atoms with van der Waals surface area (Å²) in [4.78, 5) is 18.5. The smallest absolute Gasteiger partial charge is 0.270 e. The van der Waals surface area contributed by atoms with Crippen molar-refractivity contribution in [1.29, 1.82) is 0 Å². The van der Waals surface area contributed by atoms with Crippen LogP contribution in [-0.2, 0) is 0 Å². The first-order valence-electron chi connectivity index (χ1n) is 7.08. The van der Waals surface area contributed by atoms with Gasteiger partial charge in [0.1, 0.15) is 5.69 Å². The fraction of sp³-hybridized carbons (Fsp3) is 0.714. The van der Waals surface area contributed by atoms with Gasteiger partial charge in [0, 0.05) is 18.5 Å². The number of piperidine rings is 1. The lowest BCUT2D eigenvalue weighted by molar-refractivity contribution is 0.0945. The lowest BCUT2D eigenvalue weighted by Gasteiger charge is -2.30. The number of hydrogen-bond donors (Lipinski definition) is 1. The predicted molar refractivity (Wildman–Crippen MR) is 78.6 cm³/mol. The van der Waals surface area contributed by atoms with Crippen LogP contribution in [0.4, 0.5) is 0 Å². The fourth-order valence-corrected chi connectivity index (χ4v) is 3.15. The average molecular weight is 281 g/mol. The van der Waals surface area contributed by atoms with Crippen molar-refractivity contribution in [1.82, 2.24) is 15.2 Å². The molecule has 0 spiro atoms. The number of hydrogen-bond acceptors (Lipinski definition) is 4. The SMILES string of the molecule is Cc1nc(C(=O)NCCCN2CCC[C@H](C)C2)cs1. The molecule has 1 aromatic rings. The molecule has 0 saturated carbocycles. The van der Waals surface area contributed by atoms with Crippen molar-refractivity contribution < 1.29 is 4.79 Å². The number of nitrogens with one attached hydrogen (secondary N) is 1. The Bertz CT molecular complexity index is 419. The number of rotatable bonds is 5. The molecule has 5 heteroatoms. The largest absolute Gasteiger partial charge is 0.351 e. The number of carbonyl (C=O) groups is 1. The summed E-state index contributed by atoms with van der Waals surface area (Å²) in [6, 6.07) is 0. The van der Waals surface area contributed by atoms with Gasteiger partial charge >= 0.3 is 0 Å². The van der Waals surface area contributed by atoms with Crippen molar-refractivity contribution in [2.75, 3.05) is 26.2 Å². The number of likely N-dealkylation sites (tertiary alicyclic amines) is 1. The standard InChI is InChI=1S/C14H23N3OS/c1-11-5-3-7-17(9-11)8-4-6-15-14(18)13-10-19-12(2)16-13/h10-11H,3-9H2,1-2H3,(H,15,18)/t11-/m0/s1. The molecule has 1 amide bonds. The highest BCUT2D eigenvalue weighted by atomic mass is 32.1. The van der Waals surface area contributed by atoms with Gasteiger partial charge in [-0.2, -0.15) is 0 Å². The van der Waals surface area contributed by atoms with E-state index in [1.54, 1.807) is 0 Å². The van der Waals surface area contributed by atoms with Crippen molar-refractivity contribution in [3.05, 3.63) is 16.1 Å². The molecule has 0 radical (unpaired) electrons. The number of thiazole rings is 1. The quantitative estimate of drug-likeness (QED) is 0.842. The van der Waals surface area contributed by atoms with Crippen molar-refractivity contribution in [2.24, 2.45) is 5.92 Å². The minimum Gasteiger partial charge on any atom is -0.351 e. The summed E-state index contributed by atoms with van der Waals surface area (Å²) in [6.07, 6.45) is 3.68. The molecule has 2 rings (SSSR count). The number of aryl methyl sites for hydroxylation is 1. The topological polar surface area (TPSA) is 45.2 Å². The van der Waals surface area contributed by atoms with Crippen LogP contribution >= 0.6 is 11.3 Å². The van der Waals surface area contributed by atoms with Gasteiger partial charge in [-0.3, -0.25) is 4.79 Å². The molecular weight excluding hydrogens is 258 g/mol. The molecular formula is C14H23N3OS. The normalized spacial score (nSPS) is 20.4. The van der Waals surface area contributed by atoms with Gasteiger partial charge in [-0.05, 0) is 45.2 Å². The Labute approximate surface area is 119 Å². The van der Waals surface area contributed by atoms with Crippen LogP contribution in [0.3, 0.4) is 0 Å². The number of nitrogens with zero attached hydrogens (tertiary/aromatic N) is 2. The minimum atomic E-state index is -0.0450. The van der Waals surface area contributed by atoms with E-state index in [1.165, 1.54) is 37.3 Å². The zero-order valence-corrected chi connectivity index (χ0v) is 12.6. The van der Waals surface area contributed by atoms with Crippen LogP contribution in [0.2, 0.25) is 0 Å². The molecule has 1 aliphatic heterocycles. The Kier molecular flexibility index (Phi) is 5.34. The second-order valence-corrected chi connectivity index (χ2v) is 6.47. The second kappa shape index (κ2) is 7.01. The van der Waals surface area contributed by atoms with Crippen LogP contribution in [0.5, 0.6) is 0 Å². The lowest BCUT2D eigenvalue weighted by Crippen LogP contribution is -2.36. The van der Waals surface area contributed by atoms with Gasteiger partial charge in [0.05, 0.1) is 5.01 Å². The van der Waals surface area contributed by atoms with Gasteiger partial charge in [0.15, 0.2) is 0 Å². The van der Waals surface area contributed by atoms with Crippen molar-refractivity contribution in [2.45, 2.75) is 33.1 Å². The van der Waals surface area contributed by atoms with Crippen LogP contribution < -0.4 is 5.32 Å². The van der Waals surface area contributed by atoms with Gasteiger partial charge in [-0.25, -0.2) is 4.98 Å². The molecule has 0 unspecified atom stereocenters. The van der Waals surface area contributed by atoms with E-state index in [1.807, 2.05) is 12.3 Å². The first-order chi connectivity index (χ1) is 9.15. The van der Waals surface area contributed by atoms with Crippen LogP contribution in [-0.4, -0.2) is 42.0 Å². The molecule has 1 saturated heterocycles. The third kappa shape index (κ3) is 4.58. The second-order valence-electron chi connectivity index (χ2n) is 5.41. The van der Waals surface area contributed by atoms with Gasteiger partial charge in [0.25, 0.3) is 5.91 Å². The maximum Gasteiger partial charge on any atom is 0.270 e. The van der Waals surface area contributed by atoms with Crippen molar-refractivity contribution >= 4 is 17.2 Å². The monoisotopic (exact) mass is 281 g/mol. The zero-order valence-electron chi connectivity index (χ0n) is 11.8. The van der Waals surface area contributed by atoms with Gasteiger partial charge in [-0.1, -0.05) is 6.92 Å². The maximum absolute atomic E-state index is 11.8. The highest BCUT2D eigenvalue weighted by Crippen LogP contribution is 2.15. The van der Waals surface area contributed by atoms with Crippen LogP contribution in [0.15, 0.2) is 5.38 Å². The fourth-order valence-electron chi connectivity index (χ4n) is 2.55. The summed E-state index contributed by atoms with van der Waals surface area (Å²) in [5, 5.41) is 5.70. The lowest BCUT2D eigenvalue weighted by atomic mass is 10.0. The molecule has 1 aliphatic rings. The van der Waals surface area contributed by atoms with Gasteiger partial charge < -0.3 is 10.2 Å². The molecule has 106 valence electrons. The number of carbonyl (C=O) groups excluding carboxylic acids is 1. The van der Waals surface area contributed by atoms with Crippen LogP contribution in [0.25, 0.3) is 0 Å². The van der Waals surface area contributed by atoms with E-state index in [-0.39, 0.29) is 5.91 Å². The Hall–Kier alpha value is -0.940. The Balaban J connectivity index is 1.62. The summed E-state index contributed by atoms with van der Waals surface area (Å²) >= 11 is 1.51. The Morgan fingerprint density at radius 2 is 2.47 bits per heavy atom. The molecule has 19 heavy (non-hydrogen) atoms. The highest BCUT2D eigenvalue weighted by Gasteiger charge is 2.15. The van der Waals surface area contributed by atoms with Gasteiger partial charge in [0.2, 0.25) is 0 Å². The van der Waals surface area contributed by atoms with E-state index in [0.29, 0.717) is 5.69 Å². The van der Waals surface area contributed by atoms with E-state index in [0.717, 1.165) is 30.4 Å². The van der Waals surface area contributed by atoms with Crippen molar-refractivity contribution in [3.63, 3.8) is 0 Å². The van der Waals surface area contributed by atoms with Crippen LogP contribution in [0.1, 0.15) is 41.7 Å². The number of aromatic nitrogens is 1. The Morgan fingerprint density at radius 3 is 3.16 bits per heavy atom. The molecule has 0 bridgehead atoms. The first-order valence-corrected chi connectivity index (χ1v) is 7.96. The molecule has 1 N–H and O–H groups in total. The predicted octanol–water partition coefficient (Wildman–Crippen LogP) is 2.30. The molecule has 1 atom stereocenters. The maximum atomic E-state index is 11.8. The van der Waals surface area contributed by atoms with E-state index in [4.69, 9.17) is 0 Å². The summed E-state index contributed by atoms with van der Waals surface area (Å²) < 4.78 is 0. The average Bonchev–Trinajstić information content (AvgIpc) is 2.81. The third-order valence-electron chi connectivity index (χ3n) is 3.53. The minimum absolute atomic E-state index is 0.0450. The Morgan fingerprint density at radius 1 is 1.63 bits per heavy atom. The molecule has 0 aliphatic carbocycles. The zero-order chi connectivity index (χ0) is 13.7. The molecule has 2 heterocycles. The molecule has 4 nitrogen and oxygen atoms in total. The van der Waals surface area contributed by atoms with Crippen LogP contribution in [0, 0.1) is 12.8 Å². The highest BCUT2D eigenvalue weighted by molar-refractivity contribution is 7.09.